The lowest BCUT2D eigenvalue weighted by Crippen LogP contribution is -2.41. The Bertz CT molecular complexity index is 1150. The van der Waals surface area contributed by atoms with Crippen molar-refractivity contribution in [2.45, 2.75) is 83.8 Å². The first-order valence-electron chi connectivity index (χ1n) is 14.0. The van der Waals surface area contributed by atoms with Crippen LogP contribution in [0.5, 0.6) is 0 Å². The Morgan fingerprint density at radius 3 is 2.66 bits per heavy atom. The first-order chi connectivity index (χ1) is 18.2. The predicted molar refractivity (Wildman–Crippen MR) is 155 cm³/mol. The van der Waals surface area contributed by atoms with Crippen molar-refractivity contribution >= 4 is 28.9 Å². The van der Waals surface area contributed by atoms with Crippen LogP contribution in [-0.2, 0) is 14.3 Å². The van der Waals surface area contributed by atoms with Gasteiger partial charge in [0.25, 0.3) is 0 Å². The summed E-state index contributed by atoms with van der Waals surface area (Å²) in [4.78, 5) is 27.1. The SMILES string of the molecule is CC(C)(C)NC(=O)CC1CC(=O)C2=C(\CC/C=C/1c1cccc(Cl)c1)CC/C=C/C(OC1CCNCC1)=C\2. The van der Waals surface area contributed by atoms with Crippen molar-refractivity contribution in [2.75, 3.05) is 13.1 Å². The number of carbonyl (C=O) groups excluding carboxylic acids is 2. The summed E-state index contributed by atoms with van der Waals surface area (Å²) in [5.74, 6) is 0.535. The summed E-state index contributed by atoms with van der Waals surface area (Å²) in [6.07, 6.45) is 14.3. The van der Waals surface area contributed by atoms with Gasteiger partial charge in [-0.15, -0.1) is 0 Å². The Balaban J connectivity index is 1.66. The maximum atomic E-state index is 14.0. The fourth-order valence-corrected chi connectivity index (χ4v) is 5.70. The number of rotatable bonds is 5. The number of halogens is 1. The second-order valence-corrected chi connectivity index (χ2v) is 12.0. The highest BCUT2D eigenvalue weighted by atomic mass is 35.5. The number of piperidine rings is 1. The van der Waals surface area contributed by atoms with Crippen LogP contribution in [0, 0.1) is 5.92 Å². The van der Waals surface area contributed by atoms with Gasteiger partial charge in [-0.1, -0.05) is 41.5 Å². The molecular formula is C32H41ClN2O3. The number of benzene rings is 1. The van der Waals surface area contributed by atoms with Gasteiger partial charge in [0.15, 0.2) is 5.78 Å². The summed E-state index contributed by atoms with van der Waals surface area (Å²) in [5.41, 5.74) is 3.59. The topological polar surface area (TPSA) is 67.4 Å². The molecule has 5 nitrogen and oxygen atoms in total. The third-order valence-corrected chi connectivity index (χ3v) is 7.47. The van der Waals surface area contributed by atoms with Crippen molar-refractivity contribution < 1.29 is 14.3 Å². The van der Waals surface area contributed by atoms with Crippen molar-refractivity contribution in [1.82, 2.24) is 10.6 Å². The normalized spacial score (nSPS) is 27.2. The van der Waals surface area contributed by atoms with Crippen molar-refractivity contribution in [1.29, 1.82) is 0 Å². The van der Waals surface area contributed by atoms with E-state index in [1.165, 1.54) is 5.57 Å². The molecule has 0 saturated carbocycles. The smallest absolute Gasteiger partial charge is 0.221 e. The van der Waals surface area contributed by atoms with E-state index in [1.807, 2.05) is 57.2 Å². The zero-order valence-electron chi connectivity index (χ0n) is 22.9. The van der Waals surface area contributed by atoms with Crippen LogP contribution < -0.4 is 10.6 Å². The van der Waals surface area contributed by atoms with Gasteiger partial charge < -0.3 is 15.4 Å². The maximum Gasteiger partial charge on any atom is 0.221 e. The largest absolute Gasteiger partial charge is 0.490 e. The maximum absolute atomic E-state index is 14.0. The highest BCUT2D eigenvalue weighted by molar-refractivity contribution is 6.30. The molecule has 38 heavy (non-hydrogen) atoms. The predicted octanol–water partition coefficient (Wildman–Crippen LogP) is 6.70. The molecule has 1 amide bonds. The standard InChI is InChI=1S/C32H41ClN2O3/c1-32(2,3)35-31(37)20-24-19-30(36)29-21-27(38-26-14-16-34-17-15-26)12-5-4-8-22(29)9-7-13-28(24)23-10-6-11-25(33)18-23/h5-6,10-13,18,21,24,26,34H,4,7-9,14-17,19-20H2,1-3H3,(H,35,37)/b12-5+,27-21+,28-13+,29-22-. The second-order valence-electron chi connectivity index (χ2n) is 11.6. The summed E-state index contributed by atoms with van der Waals surface area (Å²) >= 11 is 6.36. The highest BCUT2D eigenvalue weighted by Crippen LogP contribution is 2.36. The number of nitrogens with one attached hydrogen (secondary N) is 2. The molecule has 1 heterocycles. The number of hydrogen-bond donors (Lipinski definition) is 2. The summed E-state index contributed by atoms with van der Waals surface area (Å²) < 4.78 is 6.37. The lowest BCUT2D eigenvalue weighted by atomic mass is 9.84. The molecule has 0 spiro atoms. The molecule has 1 fully saturated rings. The van der Waals surface area contributed by atoms with Gasteiger partial charge in [0, 0.05) is 34.9 Å². The van der Waals surface area contributed by atoms with Gasteiger partial charge in [0.2, 0.25) is 5.91 Å². The molecule has 204 valence electrons. The van der Waals surface area contributed by atoms with Crippen LogP contribution in [0.25, 0.3) is 5.57 Å². The van der Waals surface area contributed by atoms with E-state index in [-0.39, 0.29) is 42.1 Å². The summed E-state index contributed by atoms with van der Waals surface area (Å²) in [5, 5.41) is 7.10. The van der Waals surface area contributed by atoms with E-state index >= 15 is 0 Å². The Hall–Kier alpha value is -2.63. The van der Waals surface area contributed by atoms with Crippen LogP contribution >= 0.6 is 11.6 Å². The molecule has 1 saturated heterocycles. The molecule has 3 aliphatic rings. The molecule has 1 unspecified atom stereocenters. The number of carbonyl (C=O) groups is 2. The molecule has 4 rings (SSSR count). The quantitative estimate of drug-likeness (QED) is 0.439. The highest BCUT2D eigenvalue weighted by Gasteiger charge is 2.28. The molecule has 0 bridgehead atoms. The van der Waals surface area contributed by atoms with E-state index in [9.17, 15) is 9.59 Å². The molecule has 0 aromatic heterocycles. The third kappa shape index (κ3) is 8.18. The van der Waals surface area contributed by atoms with Crippen LogP contribution in [0.15, 0.2) is 65.5 Å². The molecular weight excluding hydrogens is 496 g/mol. The van der Waals surface area contributed by atoms with Crippen LogP contribution in [0.4, 0.5) is 0 Å². The first kappa shape index (κ1) is 28.4. The number of allylic oxidation sites excluding steroid dienone is 7. The monoisotopic (exact) mass is 536 g/mol. The molecule has 2 aliphatic carbocycles. The third-order valence-electron chi connectivity index (χ3n) is 7.24. The van der Waals surface area contributed by atoms with Crippen LogP contribution in [-0.4, -0.2) is 36.4 Å². The minimum Gasteiger partial charge on any atom is -0.490 e. The van der Waals surface area contributed by atoms with E-state index in [0.717, 1.165) is 74.1 Å². The average Bonchev–Trinajstić information content (AvgIpc) is 2.88. The molecule has 1 aromatic carbocycles. The van der Waals surface area contributed by atoms with Crippen molar-refractivity contribution in [3.63, 3.8) is 0 Å². The molecule has 6 heteroatoms. The number of ether oxygens (including phenoxy) is 1. The lowest BCUT2D eigenvalue weighted by molar-refractivity contribution is -0.123. The summed E-state index contributed by atoms with van der Waals surface area (Å²) in [7, 11) is 0. The number of amides is 1. The van der Waals surface area contributed by atoms with Gasteiger partial charge in [0.1, 0.15) is 11.9 Å². The van der Waals surface area contributed by atoms with Crippen molar-refractivity contribution in [3.05, 3.63) is 76.1 Å². The lowest BCUT2D eigenvalue weighted by Gasteiger charge is -2.26. The Kier molecular flexibility index (Phi) is 9.67. The van der Waals surface area contributed by atoms with E-state index in [2.05, 4.69) is 22.8 Å². The van der Waals surface area contributed by atoms with Gasteiger partial charge in [-0.3, -0.25) is 9.59 Å². The van der Waals surface area contributed by atoms with E-state index in [0.29, 0.717) is 5.02 Å². The molecule has 1 aromatic rings. The van der Waals surface area contributed by atoms with Gasteiger partial charge >= 0.3 is 0 Å². The molecule has 2 N–H and O–H groups in total. The zero-order chi connectivity index (χ0) is 27.1. The van der Waals surface area contributed by atoms with Gasteiger partial charge in [-0.25, -0.2) is 0 Å². The van der Waals surface area contributed by atoms with Gasteiger partial charge in [-0.2, -0.15) is 0 Å². The van der Waals surface area contributed by atoms with Gasteiger partial charge in [0.05, 0.1) is 0 Å². The minimum atomic E-state index is -0.343. The molecule has 0 radical (unpaired) electrons. The van der Waals surface area contributed by atoms with Crippen molar-refractivity contribution in [2.24, 2.45) is 5.92 Å². The van der Waals surface area contributed by atoms with Crippen LogP contribution in [0.1, 0.15) is 77.7 Å². The first-order valence-corrected chi connectivity index (χ1v) is 14.3. The Labute approximate surface area is 232 Å². The summed E-state index contributed by atoms with van der Waals surface area (Å²) in [6, 6.07) is 7.73. The van der Waals surface area contributed by atoms with E-state index in [1.54, 1.807) is 0 Å². The number of ketones is 1. The molecule has 1 atom stereocenters. The van der Waals surface area contributed by atoms with Crippen LogP contribution in [0.2, 0.25) is 5.02 Å². The fraction of sp³-hybridized carbons (Fsp3) is 0.500. The number of Topliss-reactive ketones (excluding diaryl/α,β-unsaturated/α-hetero) is 1. The number of hydrogen-bond acceptors (Lipinski definition) is 4. The van der Waals surface area contributed by atoms with E-state index in [4.69, 9.17) is 16.3 Å². The second kappa shape index (κ2) is 12.9. The zero-order valence-corrected chi connectivity index (χ0v) is 23.7. The van der Waals surface area contributed by atoms with E-state index < -0.39 is 0 Å². The fourth-order valence-electron chi connectivity index (χ4n) is 5.51. The Morgan fingerprint density at radius 1 is 1.16 bits per heavy atom. The van der Waals surface area contributed by atoms with Crippen LogP contribution in [0.3, 0.4) is 0 Å². The van der Waals surface area contributed by atoms with Gasteiger partial charge in [-0.05, 0) is 108 Å². The minimum absolute atomic E-state index is 0.0530. The average molecular weight is 537 g/mol. The molecule has 1 aliphatic heterocycles. The summed E-state index contributed by atoms with van der Waals surface area (Å²) in [6.45, 7) is 7.82. The van der Waals surface area contributed by atoms with Crippen molar-refractivity contribution in [3.8, 4) is 0 Å². The Morgan fingerprint density at radius 2 is 1.92 bits per heavy atom.